The van der Waals surface area contributed by atoms with E-state index in [1.54, 1.807) is 0 Å². The van der Waals surface area contributed by atoms with Gasteiger partial charge in [0.1, 0.15) is 19.1 Å². The Morgan fingerprint density at radius 1 is 1.23 bits per heavy atom. The average molecular weight is 361 g/mol. The fourth-order valence-corrected chi connectivity index (χ4v) is 3.53. The summed E-state index contributed by atoms with van der Waals surface area (Å²) in [5, 5.41) is 11.0. The maximum atomic E-state index is 12.9. The van der Waals surface area contributed by atoms with Crippen LogP contribution in [0.15, 0.2) is 42.5 Å². The highest BCUT2D eigenvalue weighted by atomic mass is 16.5. The minimum Gasteiger partial charge on any atom is -0.459 e. The van der Waals surface area contributed by atoms with Gasteiger partial charge in [-0.05, 0) is 44.6 Å². The highest BCUT2D eigenvalue weighted by Gasteiger charge is 2.35. The van der Waals surface area contributed by atoms with Gasteiger partial charge in [-0.3, -0.25) is 4.79 Å². The Labute approximate surface area is 158 Å². The van der Waals surface area contributed by atoms with E-state index in [1.165, 1.54) is 0 Å². The largest absolute Gasteiger partial charge is 0.459 e. The summed E-state index contributed by atoms with van der Waals surface area (Å²) in [5.41, 5.74) is 0.836. The van der Waals surface area contributed by atoms with Crippen LogP contribution in [0.5, 0.6) is 0 Å². The van der Waals surface area contributed by atoms with Crippen molar-refractivity contribution in [2.24, 2.45) is 5.92 Å². The zero-order valence-electron chi connectivity index (χ0n) is 16.4. The summed E-state index contributed by atoms with van der Waals surface area (Å²) in [6.45, 7) is 7.50. The molecule has 26 heavy (non-hydrogen) atoms. The van der Waals surface area contributed by atoms with Crippen molar-refractivity contribution in [2.45, 2.75) is 45.1 Å². The summed E-state index contributed by atoms with van der Waals surface area (Å²) in [4.78, 5) is 12.9. The lowest BCUT2D eigenvalue weighted by molar-refractivity contribution is -0.906. The topological polar surface area (TPSA) is 46.5 Å². The van der Waals surface area contributed by atoms with Crippen molar-refractivity contribution in [3.63, 3.8) is 0 Å². The second kappa shape index (κ2) is 9.89. The van der Waals surface area contributed by atoms with E-state index in [1.807, 2.05) is 30.3 Å². The van der Waals surface area contributed by atoms with Crippen LogP contribution in [0, 0.1) is 5.92 Å². The zero-order chi connectivity index (χ0) is 19.0. The number of aliphatic hydroxyl groups excluding tert-OH is 1. The van der Waals surface area contributed by atoms with Gasteiger partial charge in [0.2, 0.25) is 0 Å². The maximum Gasteiger partial charge on any atom is 0.316 e. The molecule has 1 N–H and O–H groups in total. The Morgan fingerprint density at radius 2 is 1.92 bits per heavy atom. The molecule has 144 valence electrons. The molecule has 4 heteroatoms. The molecule has 1 aromatic rings. The smallest absolute Gasteiger partial charge is 0.316 e. The van der Waals surface area contributed by atoms with E-state index >= 15 is 0 Å². The third kappa shape index (κ3) is 5.42. The van der Waals surface area contributed by atoms with Gasteiger partial charge < -0.3 is 14.3 Å². The van der Waals surface area contributed by atoms with Crippen LogP contribution in [0.3, 0.4) is 0 Å². The van der Waals surface area contributed by atoms with Crippen molar-refractivity contribution in [1.82, 2.24) is 0 Å². The van der Waals surface area contributed by atoms with Gasteiger partial charge >= 0.3 is 5.97 Å². The van der Waals surface area contributed by atoms with Crippen LogP contribution in [-0.2, 0) is 9.53 Å². The molecule has 0 saturated heterocycles. The molecule has 0 bridgehead atoms. The van der Waals surface area contributed by atoms with Crippen LogP contribution < -0.4 is 0 Å². The maximum absolute atomic E-state index is 12.9. The first-order chi connectivity index (χ1) is 12.5. The van der Waals surface area contributed by atoms with E-state index in [0.29, 0.717) is 6.61 Å². The number of rotatable bonds is 9. The molecule has 0 unspecified atom stereocenters. The number of carbonyl (C=O) groups excluding carboxylic acids is 1. The summed E-state index contributed by atoms with van der Waals surface area (Å²) < 4.78 is 6.51. The number of aliphatic hydroxyl groups is 1. The van der Waals surface area contributed by atoms with Crippen molar-refractivity contribution >= 4 is 5.97 Å². The molecular weight excluding hydrogens is 326 g/mol. The second-order valence-corrected chi connectivity index (χ2v) is 7.57. The first kappa shape index (κ1) is 20.7. The number of carbonyl (C=O) groups is 1. The molecule has 0 heterocycles. The minimum absolute atomic E-state index is 0.102. The first-order valence-electron chi connectivity index (χ1n) is 9.89. The number of benzene rings is 1. The van der Waals surface area contributed by atoms with E-state index in [-0.39, 0.29) is 11.9 Å². The fraction of sp³-hybridized carbons (Fsp3) is 0.591. The predicted molar refractivity (Wildman–Crippen MR) is 105 cm³/mol. The molecule has 0 saturated carbocycles. The Bertz CT molecular complexity index is 580. The number of esters is 1. The fourth-order valence-electron chi connectivity index (χ4n) is 3.53. The van der Waals surface area contributed by atoms with Gasteiger partial charge in [-0.1, -0.05) is 42.5 Å². The van der Waals surface area contributed by atoms with E-state index in [9.17, 15) is 9.90 Å². The lowest BCUT2D eigenvalue weighted by Gasteiger charge is -2.33. The third-order valence-electron chi connectivity index (χ3n) is 5.95. The van der Waals surface area contributed by atoms with Crippen molar-refractivity contribution in [3.8, 4) is 0 Å². The first-order valence-corrected chi connectivity index (χ1v) is 9.89. The molecule has 1 aliphatic carbocycles. The Hall–Kier alpha value is -1.65. The molecule has 2 rings (SSSR count). The van der Waals surface area contributed by atoms with Crippen LogP contribution >= 0.6 is 0 Å². The monoisotopic (exact) mass is 360 g/mol. The molecule has 1 aliphatic rings. The average Bonchev–Trinajstić information content (AvgIpc) is 2.69. The van der Waals surface area contributed by atoms with Gasteiger partial charge in [0.25, 0.3) is 0 Å². The minimum atomic E-state index is -0.715. The van der Waals surface area contributed by atoms with Crippen LogP contribution in [-0.4, -0.2) is 55.0 Å². The van der Waals surface area contributed by atoms with Gasteiger partial charge in [-0.15, -0.1) is 0 Å². The van der Waals surface area contributed by atoms with E-state index in [2.05, 4.69) is 33.0 Å². The van der Waals surface area contributed by atoms with Crippen molar-refractivity contribution in [1.29, 1.82) is 0 Å². The molecular formula is C22H34NO3+. The highest BCUT2D eigenvalue weighted by molar-refractivity contribution is 5.79. The molecule has 0 spiro atoms. The Kier molecular flexibility index (Phi) is 7.85. The van der Waals surface area contributed by atoms with Gasteiger partial charge in [0, 0.05) is 0 Å². The molecule has 1 aromatic carbocycles. The second-order valence-electron chi connectivity index (χ2n) is 7.57. The van der Waals surface area contributed by atoms with Gasteiger partial charge in [-0.2, -0.15) is 0 Å². The van der Waals surface area contributed by atoms with E-state index < -0.39 is 12.0 Å². The number of likely N-dealkylation sites (N-methyl/N-ethyl adjacent to an activating group) is 1. The van der Waals surface area contributed by atoms with E-state index in [4.69, 9.17) is 4.74 Å². The summed E-state index contributed by atoms with van der Waals surface area (Å²) in [7, 11) is 2.17. The SMILES string of the molecule is CC[N+](C)(CC)CCOC(=O)[C@H](c1ccccc1)[C@H](O)[C@H]1CC=CCC1. The molecule has 0 aliphatic heterocycles. The number of quaternary nitrogens is 1. The van der Waals surface area contributed by atoms with Gasteiger partial charge in [0.15, 0.2) is 0 Å². The lowest BCUT2D eigenvalue weighted by Crippen LogP contribution is -2.46. The summed E-state index contributed by atoms with van der Waals surface area (Å²) >= 11 is 0. The number of hydrogen-bond acceptors (Lipinski definition) is 3. The van der Waals surface area contributed by atoms with Crippen LogP contribution in [0.4, 0.5) is 0 Å². The molecule has 4 nitrogen and oxygen atoms in total. The van der Waals surface area contributed by atoms with Crippen molar-refractivity contribution in [3.05, 3.63) is 48.0 Å². The van der Waals surface area contributed by atoms with Gasteiger partial charge in [0.05, 0.1) is 26.2 Å². The third-order valence-corrected chi connectivity index (χ3v) is 5.95. The summed E-state index contributed by atoms with van der Waals surface area (Å²) in [6, 6.07) is 9.56. The predicted octanol–water partition coefficient (Wildman–Crippen LogP) is 3.52. The molecule has 0 fully saturated rings. The van der Waals surface area contributed by atoms with Crippen LogP contribution in [0.25, 0.3) is 0 Å². The van der Waals surface area contributed by atoms with E-state index in [0.717, 1.165) is 48.9 Å². The van der Waals surface area contributed by atoms with Gasteiger partial charge in [-0.25, -0.2) is 0 Å². The number of ether oxygens (including phenoxy) is 1. The standard InChI is InChI=1S/C22H34NO3/c1-4-23(3,5-2)16-17-26-22(25)20(18-12-8-6-9-13-18)21(24)19-14-10-7-11-15-19/h6-10,12-13,19-21,24H,4-5,11,14-17H2,1-3H3/q+1/t19-,20+,21+/m0/s1. The number of nitrogens with zero attached hydrogens (tertiary/aromatic N) is 1. The number of hydrogen-bond donors (Lipinski definition) is 1. The Morgan fingerprint density at radius 3 is 2.50 bits per heavy atom. The normalized spacial score (nSPS) is 19.8. The molecule has 3 atom stereocenters. The Balaban J connectivity index is 2.08. The van der Waals surface area contributed by atoms with Crippen molar-refractivity contribution < 1.29 is 19.1 Å². The summed E-state index contributed by atoms with van der Waals surface area (Å²) in [5.74, 6) is -0.822. The van der Waals surface area contributed by atoms with Crippen LogP contribution in [0.1, 0.15) is 44.6 Å². The van der Waals surface area contributed by atoms with Crippen LogP contribution in [0.2, 0.25) is 0 Å². The molecule has 0 amide bonds. The number of allylic oxidation sites excluding steroid dienone is 2. The quantitative estimate of drug-likeness (QED) is 0.416. The van der Waals surface area contributed by atoms with Crippen molar-refractivity contribution in [2.75, 3.05) is 33.3 Å². The molecule has 0 radical (unpaired) electrons. The highest BCUT2D eigenvalue weighted by Crippen LogP contribution is 2.32. The molecule has 0 aromatic heterocycles. The lowest BCUT2D eigenvalue weighted by atomic mass is 9.80. The zero-order valence-corrected chi connectivity index (χ0v) is 16.4. The summed E-state index contributed by atoms with van der Waals surface area (Å²) in [6.07, 6.45) is 6.23.